The van der Waals surface area contributed by atoms with Gasteiger partial charge in [-0.1, -0.05) is 33.6 Å². The molecule has 1 heterocycles. The Kier molecular flexibility index (Phi) is 5.84. The Labute approximate surface area is 130 Å². The number of thioether (sulfide) groups is 1. The number of piperazine rings is 1. The minimum Gasteiger partial charge on any atom is -0.308 e. The van der Waals surface area contributed by atoms with Gasteiger partial charge in [-0.15, -0.1) is 0 Å². The highest BCUT2D eigenvalue weighted by Crippen LogP contribution is 2.37. The maximum Gasteiger partial charge on any atom is 0.0309 e. The molecule has 0 aromatic carbocycles. The third-order valence-corrected chi connectivity index (χ3v) is 7.55. The van der Waals surface area contributed by atoms with Crippen LogP contribution in [0.2, 0.25) is 0 Å². The first kappa shape index (κ1) is 16.6. The van der Waals surface area contributed by atoms with Crippen molar-refractivity contribution in [3.05, 3.63) is 0 Å². The third kappa shape index (κ3) is 3.36. The Hall–Kier alpha value is 0.270. The van der Waals surface area contributed by atoms with E-state index >= 15 is 0 Å². The van der Waals surface area contributed by atoms with Gasteiger partial charge in [0, 0.05) is 36.0 Å². The summed E-state index contributed by atoms with van der Waals surface area (Å²) in [5, 5.41) is 3.92. The molecule has 0 radical (unpaired) electrons. The number of rotatable bonds is 6. The first-order valence-corrected chi connectivity index (χ1v) is 9.89. The van der Waals surface area contributed by atoms with E-state index in [2.05, 4.69) is 49.0 Å². The minimum absolute atomic E-state index is 0.456. The average Bonchev–Trinajstić information content (AvgIpc) is 2.93. The minimum atomic E-state index is 0.456. The third-order valence-electron chi connectivity index (χ3n) is 5.98. The van der Waals surface area contributed by atoms with E-state index in [1.807, 2.05) is 0 Å². The van der Waals surface area contributed by atoms with E-state index in [0.717, 1.165) is 6.04 Å². The van der Waals surface area contributed by atoms with E-state index < -0.39 is 0 Å². The van der Waals surface area contributed by atoms with Crippen molar-refractivity contribution in [2.45, 2.75) is 82.0 Å². The highest BCUT2D eigenvalue weighted by molar-refractivity contribution is 8.00. The predicted octanol–water partition coefficient (Wildman–Crippen LogP) is 3.90. The van der Waals surface area contributed by atoms with E-state index in [9.17, 15) is 0 Å². The second-order valence-corrected chi connectivity index (χ2v) is 8.20. The van der Waals surface area contributed by atoms with Gasteiger partial charge in [-0.2, -0.15) is 11.8 Å². The topological polar surface area (TPSA) is 15.3 Å². The molecule has 1 aliphatic carbocycles. The number of nitrogens with one attached hydrogen (secondary N) is 1. The van der Waals surface area contributed by atoms with Gasteiger partial charge in [0.1, 0.15) is 0 Å². The molecule has 1 N–H and O–H groups in total. The second-order valence-electron chi connectivity index (χ2n) is 6.93. The van der Waals surface area contributed by atoms with Gasteiger partial charge < -0.3 is 5.32 Å². The molecular formula is C17H34N2S. The fraction of sp³-hybridized carbons (Fsp3) is 1.00. The Morgan fingerprint density at radius 2 is 1.85 bits per heavy atom. The van der Waals surface area contributed by atoms with Crippen molar-refractivity contribution in [2.24, 2.45) is 0 Å². The second kappa shape index (κ2) is 7.02. The molecular weight excluding hydrogens is 264 g/mol. The number of hydrogen-bond donors (Lipinski definition) is 1. The van der Waals surface area contributed by atoms with Crippen LogP contribution in [0.3, 0.4) is 0 Å². The number of hydrogen-bond acceptors (Lipinski definition) is 3. The quantitative estimate of drug-likeness (QED) is 0.800. The van der Waals surface area contributed by atoms with Gasteiger partial charge in [0.05, 0.1) is 0 Å². The van der Waals surface area contributed by atoms with E-state index in [1.165, 1.54) is 64.6 Å². The van der Waals surface area contributed by atoms with Crippen LogP contribution in [0, 0.1) is 0 Å². The van der Waals surface area contributed by atoms with Crippen LogP contribution in [-0.4, -0.2) is 47.1 Å². The molecule has 0 amide bonds. The predicted molar refractivity (Wildman–Crippen MR) is 91.7 cm³/mol. The van der Waals surface area contributed by atoms with Crippen molar-refractivity contribution >= 4 is 11.8 Å². The highest BCUT2D eigenvalue weighted by atomic mass is 32.2. The van der Waals surface area contributed by atoms with E-state index in [-0.39, 0.29) is 0 Å². The van der Waals surface area contributed by atoms with Gasteiger partial charge in [0.2, 0.25) is 0 Å². The van der Waals surface area contributed by atoms with Crippen LogP contribution in [0.4, 0.5) is 0 Å². The molecule has 118 valence electrons. The van der Waals surface area contributed by atoms with Crippen LogP contribution in [0.5, 0.6) is 0 Å². The lowest BCUT2D eigenvalue weighted by Crippen LogP contribution is -2.64. The monoisotopic (exact) mass is 298 g/mol. The molecule has 2 nitrogen and oxygen atoms in total. The lowest BCUT2D eigenvalue weighted by molar-refractivity contribution is 0.0681. The Bertz CT molecular complexity index is 287. The van der Waals surface area contributed by atoms with Gasteiger partial charge in [-0.3, -0.25) is 4.90 Å². The van der Waals surface area contributed by atoms with Crippen LogP contribution < -0.4 is 5.32 Å². The Morgan fingerprint density at radius 1 is 1.20 bits per heavy atom. The van der Waals surface area contributed by atoms with Crippen molar-refractivity contribution in [2.75, 3.05) is 25.9 Å². The zero-order valence-electron chi connectivity index (χ0n) is 14.0. The lowest BCUT2D eigenvalue weighted by atomic mass is 9.90. The van der Waals surface area contributed by atoms with E-state index in [1.54, 1.807) is 0 Å². The lowest BCUT2D eigenvalue weighted by Gasteiger charge is -2.49. The molecule has 1 atom stereocenters. The van der Waals surface area contributed by atoms with E-state index in [4.69, 9.17) is 0 Å². The van der Waals surface area contributed by atoms with Gasteiger partial charge in [-0.25, -0.2) is 0 Å². The summed E-state index contributed by atoms with van der Waals surface area (Å²) in [6.45, 7) is 10.9. The molecule has 1 saturated carbocycles. The van der Waals surface area contributed by atoms with Crippen molar-refractivity contribution in [1.29, 1.82) is 0 Å². The van der Waals surface area contributed by atoms with Gasteiger partial charge >= 0.3 is 0 Å². The summed E-state index contributed by atoms with van der Waals surface area (Å²) in [5.41, 5.74) is 0.456. The van der Waals surface area contributed by atoms with E-state index in [0.29, 0.717) is 10.3 Å². The highest BCUT2D eigenvalue weighted by Gasteiger charge is 2.42. The molecule has 0 bridgehead atoms. The molecule has 3 heteroatoms. The molecule has 1 unspecified atom stereocenters. The zero-order valence-corrected chi connectivity index (χ0v) is 14.8. The largest absolute Gasteiger partial charge is 0.308 e. The zero-order chi connectivity index (χ0) is 14.6. The summed E-state index contributed by atoms with van der Waals surface area (Å²) in [7, 11) is 0. The van der Waals surface area contributed by atoms with Gasteiger partial charge in [0.15, 0.2) is 0 Å². The molecule has 2 rings (SSSR count). The molecule has 1 spiro atoms. The summed E-state index contributed by atoms with van der Waals surface area (Å²) < 4.78 is 0.463. The van der Waals surface area contributed by atoms with Crippen molar-refractivity contribution in [1.82, 2.24) is 10.2 Å². The SMILES string of the molecule is CCC1CNC2(CCCC2)CN1CC(CC)(CC)SC. The van der Waals surface area contributed by atoms with Gasteiger partial charge in [0.25, 0.3) is 0 Å². The van der Waals surface area contributed by atoms with Crippen molar-refractivity contribution in [3.63, 3.8) is 0 Å². The van der Waals surface area contributed by atoms with Crippen LogP contribution in [0.15, 0.2) is 0 Å². The smallest absolute Gasteiger partial charge is 0.0309 e. The maximum absolute atomic E-state index is 3.92. The fourth-order valence-corrected chi connectivity index (χ4v) is 5.08. The van der Waals surface area contributed by atoms with Crippen LogP contribution >= 0.6 is 11.8 Å². The molecule has 1 saturated heterocycles. The molecule has 2 fully saturated rings. The molecule has 2 aliphatic rings. The summed E-state index contributed by atoms with van der Waals surface area (Å²) in [6, 6.07) is 0.742. The number of nitrogens with zero attached hydrogens (tertiary/aromatic N) is 1. The summed E-state index contributed by atoms with van der Waals surface area (Å²) in [4.78, 5) is 2.84. The molecule has 0 aromatic rings. The normalized spacial score (nSPS) is 27.3. The van der Waals surface area contributed by atoms with Crippen molar-refractivity contribution in [3.8, 4) is 0 Å². The summed E-state index contributed by atoms with van der Waals surface area (Å²) in [6.07, 6.45) is 11.8. The standard InChI is InChI=1S/C17H34N2S/c1-5-15-12-18-16(10-8-9-11-16)13-19(15)14-17(6-2,7-3)20-4/h15,18H,5-14H2,1-4H3. The maximum atomic E-state index is 3.92. The molecule has 20 heavy (non-hydrogen) atoms. The Morgan fingerprint density at radius 3 is 2.35 bits per heavy atom. The first-order chi connectivity index (χ1) is 9.62. The van der Waals surface area contributed by atoms with Crippen molar-refractivity contribution < 1.29 is 0 Å². The van der Waals surface area contributed by atoms with Crippen LogP contribution in [-0.2, 0) is 0 Å². The average molecular weight is 299 g/mol. The molecule has 1 aliphatic heterocycles. The fourth-order valence-electron chi connectivity index (χ4n) is 4.21. The molecule has 0 aromatic heterocycles. The van der Waals surface area contributed by atoms with Crippen LogP contribution in [0.1, 0.15) is 65.7 Å². The van der Waals surface area contributed by atoms with Gasteiger partial charge in [-0.05, 0) is 38.4 Å². The Balaban J connectivity index is 2.08. The summed E-state index contributed by atoms with van der Waals surface area (Å²) >= 11 is 2.09. The first-order valence-electron chi connectivity index (χ1n) is 8.67. The van der Waals surface area contributed by atoms with Crippen LogP contribution in [0.25, 0.3) is 0 Å². The summed E-state index contributed by atoms with van der Waals surface area (Å²) in [5.74, 6) is 0.